The number of hydrogen-bond donors (Lipinski definition) is 0. The zero-order valence-corrected chi connectivity index (χ0v) is 22.9. The van der Waals surface area contributed by atoms with Crippen molar-refractivity contribution >= 4 is 49.8 Å². The van der Waals surface area contributed by atoms with E-state index in [4.69, 9.17) is 4.42 Å². The van der Waals surface area contributed by atoms with Crippen LogP contribution in [0.5, 0.6) is 0 Å². The largest absolute Gasteiger partial charge is 0.456 e. The Hall–Kier alpha value is -5.60. The highest BCUT2D eigenvalue weighted by Gasteiger charge is 2.22. The van der Waals surface area contributed by atoms with E-state index in [0.717, 1.165) is 39.0 Å². The van der Waals surface area contributed by atoms with E-state index in [-0.39, 0.29) is 0 Å². The highest BCUT2D eigenvalue weighted by Crippen LogP contribution is 2.46. The van der Waals surface area contributed by atoms with Crippen LogP contribution in [0.3, 0.4) is 0 Å². The Balaban J connectivity index is 1.43. The molecule has 0 radical (unpaired) electrons. The maximum Gasteiger partial charge on any atom is 0.137 e. The van der Waals surface area contributed by atoms with Gasteiger partial charge in [0.1, 0.15) is 11.2 Å². The predicted molar refractivity (Wildman–Crippen MR) is 177 cm³/mol. The number of fused-ring (bicyclic) bond motifs is 5. The number of furan rings is 1. The van der Waals surface area contributed by atoms with Crippen LogP contribution in [0.2, 0.25) is 0 Å². The number of para-hydroxylation sites is 1. The minimum Gasteiger partial charge on any atom is -0.456 e. The summed E-state index contributed by atoms with van der Waals surface area (Å²) in [5, 5.41) is 4.64. The lowest BCUT2D eigenvalue weighted by Crippen LogP contribution is -2.10. The maximum atomic E-state index is 6.65. The summed E-state index contributed by atoms with van der Waals surface area (Å²) in [5.41, 5.74) is 9.76. The van der Waals surface area contributed by atoms with E-state index in [9.17, 15) is 0 Å². The van der Waals surface area contributed by atoms with Gasteiger partial charge in [0.2, 0.25) is 0 Å². The first-order valence-electron chi connectivity index (χ1n) is 14.3. The lowest BCUT2D eigenvalue weighted by atomic mass is 9.94. The highest BCUT2D eigenvalue weighted by atomic mass is 16.3. The van der Waals surface area contributed by atoms with Crippen LogP contribution in [-0.2, 0) is 0 Å². The molecule has 0 aliphatic heterocycles. The number of nitrogens with zero attached hydrogens (tertiary/aromatic N) is 1. The molecule has 2 nitrogen and oxygen atoms in total. The Labute approximate surface area is 244 Å². The highest BCUT2D eigenvalue weighted by molar-refractivity contribution is 6.25. The fourth-order valence-electron chi connectivity index (χ4n) is 6.16. The van der Waals surface area contributed by atoms with Crippen LogP contribution in [0.25, 0.3) is 55.0 Å². The monoisotopic (exact) mass is 537 g/mol. The minimum absolute atomic E-state index is 0.873. The molecule has 1 aromatic heterocycles. The molecule has 0 aliphatic rings. The van der Waals surface area contributed by atoms with E-state index in [0.29, 0.717) is 0 Å². The first kappa shape index (κ1) is 24.2. The number of rotatable bonds is 5. The Morgan fingerprint density at radius 2 is 0.976 bits per heavy atom. The van der Waals surface area contributed by atoms with Gasteiger partial charge < -0.3 is 9.32 Å². The van der Waals surface area contributed by atoms with E-state index in [1.165, 1.54) is 33.0 Å². The summed E-state index contributed by atoms with van der Waals surface area (Å²) in [5.74, 6) is 0. The van der Waals surface area contributed by atoms with Gasteiger partial charge in [0, 0.05) is 16.8 Å². The molecule has 8 aromatic rings. The second kappa shape index (κ2) is 10.1. The van der Waals surface area contributed by atoms with Crippen molar-refractivity contribution < 1.29 is 4.42 Å². The Morgan fingerprint density at radius 3 is 1.74 bits per heavy atom. The predicted octanol–water partition coefficient (Wildman–Crippen LogP) is 11.5. The van der Waals surface area contributed by atoms with Crippen molar-refractivity contribution in [1.29, 1.82) is 0 Å². The van der Waals surface area contributed by atoms with Crippen LogP contribution in [0, 0.1) is 0 Å². The van der Waals surface area contributed by atoms with Gasteiger partial charge in [-0.05, 0) is 75.5 Å². The summed E-state index contributed by atoms with van der Waals surface area (Å²) in [7, 11) is 0. The molecule has 198 valence electrons. The van der Waals surface area contributed by atoms with E-state index in [1.54, 1.807) is 0 Å². The van der Waals surface area contributed by atoms with Gasteiger partial charge in [0.05, 0.1) is 11.1 Å². The third kappa shape index (κ3) is 4.05. The molecule has 0 aliphatic carbocycles. The van der Waals surface area contributed by atoms with Gasteiger partial charge in [-0.3, -0.25) is 0 Å². The van der Waals surface area contributed by atoms with Crippen LogP contribution in [0.1, 0.15) is 0 Å². The van der Waals surface area contributed by atoms with Crippen molar-refractivity contribution in [1.82, 2.24) is 0 Å². The fourth-order valence-corrected chi connectivity index (χ4v) is 6.16. The van der Waals surface area contributed by atoms with E-state index in [2.05, 4.69) is 169 Å². The fraction of sp³-hybridized carbons (Fsp3) is 0. The van der Waals surface area contributed by atoms with Crippen molar-refractivity contribution in [3.8, 4) is 22.3 Å². The molecule has 8 rings (SSSR count). The first-order chi connectivity index (χ1) is 20.8. The van der Waals surface area contributed by atoms with Crippen molar-refractivity contribution in [3.05, 3.63) is 164 Å². The molecular weight excluding hydrogens is 510 g/mol. The number of hydrogen-bond acceptors (Lipinski definition) is 2. The summed E-state index contributed by atoms with van der Waals surface area (Å²) in [6.45, 7) is 0. The van der Waals surface area contributed by atoms with Crippen molar-refractivity contribution in [3.63, 3.8) is 0 Å². The molecule has 2 heteroatoms. The normalized spacial score (nSPS) is 11.3. The molecule has 0 N–H and O–H groups in total. The summed E-state index contributed by atoms with van der Waals surface area (Å²) in [6.07, 6.45) is 0. The average molecular weight is 538 g/mol. The maximum absolute atomic E-state index is 6.65. The van der Waals surface area contributed by atoms with E-state index >= 15 is 0 Å². The van der Waals surface area contributed by atoms with Gasteiger partial charge in [-0.15, -0.1) is 0 Å². The topological polar surface area (TPSA) is 16.4 Å². The van der Waals surface area contributed by atoms with Crippen molar-refractivity contribution in [2.24, 2.45) is 0 Å². The molecule has 0 atom stereocenters. The van der Waals surface area contributed by atoms with Gasteiger partial charge in [0.15, 0.2) is 0 Å². The first-order valence-corrected chi connectivity index (χ1v) is 14.3. The Bertz CT molecular complexity index is 2180. The van der Waals surface area contributed by atoms with E-state index < -0.39 is 0 Å². The van der Waals surface area contributed by atoms with Gasteiger partial charge in [-0.1, -0.05) is 121 Å². The summed E-state index contributed by atoms with van der Waals surface area (Å²) >= 11 is 0. The van der Waals surface area contributed by atoms with Crippen LogP contribution in [-0.4, -0.2) is 0 Å². The molecule has 42 heavy (non-hydrogen) atoms. The summed E-state index contributed by atoms with van der Waals surface area (Å²) in [4.78, 5) is 2.35. The quantitative estimate of drug-likeness (QED) is 0.217. The lowest BCUT2D eigenvalue weighted by Gasteiger charge is -2.26. The Morgan fingerprint density at radius 1 is 0.381 bits per heavy atom. The van der Waals surface area contributed by atoms with Gasteiger partial charge in [-0.25, -0.2) is 0 Å². The van der Waals surface area contributed by atoms with Crippen LogP contribution < -0.4 is 4.90 Å². The lowest BCUT2D eigenvalue weighted by molar-refractivity contribution is 0.669. The summed E-state index contributed by atoms with van der Waals surface area (Å²) in [6, 6.07) is 57.8. The third-order valence-corrected chi connectivity index (χ3v) is 8.03. The van der Waals surface area contributed by atoms with Gasteiger partial charge in [-0.2, -0.15) is 0 Å². The van der Waals surface area contributed by atoms with Crippen molar-refractivity contribution in [2.45, 2.75) is 0 Å². The summed E-state index contributed by atoms with van der Waals surface area (Å²) < 4.78 is 6.65. The van der Waals surface area contributed by atoms with Crippen LogP contribution in [0.4, 0.5) is 17.1 Å². The number of benzene rings is 7. The van der Waals surface area contributed by atoms with Gasteiger partial charge >= 0.3 is 0 Å². The number of anilines is 3. The third-order valence-electron chi connectivity index (χ3n) is 8.03. The second-order valence-electron chi connectivity index (χ2n) is 10.5. The SMILES string of the molecule is c1ccc(-c2cccc(N(c3ccccc3)c3cccc4oc5cc(-c6ccccc6)c6ccccc6c5c34)c2)cc1. The standard InChI is InChI=1S/C40H27NO/c1-4-14-28(15-5-1)30-18-12-21-32(26-30)41(31-19-8-3-9-20-31)36-24-13-25-37-40(36)39-34-23-11-10-22-33(34)35(27-38(39)42-37)29-16-6-2-7-17-29/h1-27H. The molecule has 0 saturated carbocycles. The zero-order valence-electron chi connectivity index (χ0n) is 22.9. The smallest absolute Gasteiger partial charge is 0.137 e. The Kier molecular flexibility index (Phi) is 5.82. The molecule has 0 spiro atoms. The van der Waals surface area contributed by atoms with Crippen molar-refractivity contribution in [2.75, 3.05) is 4.90 Å². The van der Waals surface area contributed by atoms with Crippen LogP contribution in [0.15, 0.2) is 168 Å². The molecule has 7 aromatic carbocycles. The molecule has 0 saturated heterocycles. The second-order valence-corrected chi connectivity index (χ2v) is 10.5. The molecule has 0 fully saturated rings. The van der Waals surface area contributed by atoms with E-state index in [1.807, 2.05) is 0 Å². The molecule has 0 bridgehead atoms. The molecular formula is C40H27NO. The minimum atomic E-state index is 0.873. The zero-order chi connectivity index (χ0) is 27.9. The van der Waals surface area contributed by atoms with Crippen LogP contribution >= 0.6 is 0 Å². The molecule has 1 heterocycles. The van der Waals surface area contributed by atoms with Gasteiger partial charge in [0.25, 0.3) is 0 Å². The molecule has 0 unspecified atom stereocenters. The molecule has 0 amide bonds. The average Bonchev–Trinajstić information content (AvgIpc) is 3.46.